The molecule has 2 aromatic rings. The zero-order chi connectivity index (χ0) is 13.2. The molecule has 0 bridgehead atoms. The summed E-state index contributed by atoms with van der Waals surface area (Å²) in [7, 11) is 1.73. The Kier molecular flexibility index (Phi) is 3.04. The van der Waals surface area contributed by atoms with Gasteiger partial charge in [0.05, 0.1) is 7.05 Å². The van der Waals surface area contributed by atoms with E-state index in [4.69, 9.17) is 15.2 Å². The highest BCUT2D eigenvalue weighted by molar-refractivity contribution is 5.48. The average Bonchev–Trinajstić information content (AvgIpc) is 2.83. The second kappa shape index (κ2) is 4.85. The fourth-order valence-corrected chi connectivity index (χ4v) is 2.10. The van der Waals surface area contributed by atoms with Gasteiger partial charge in [0, 0.05) is 18.0 Å². The van der Waals surface area contributed by atoms with Crippen LogP contribution in [0.2, 0.25) is 0 Å². The number of hydrogen-bond acceptors (Lipinski definition) is 6. The zero-order valence-electron chi connectivity index (χ0n) is 10.6. The molecule has 0 radical (unpaired) electrons. The van der Waals surface area contributed by atoms with Crippen molar-refractivity contribution in [2.45, 2.75) is 12.5 Å². The number of para-hydroxylation sites is 1. The highest BCUT2D eigenvalue weighted by Gasteiger charge is 2.21. The number of aryl methyl sites for hydroxylation is 1. The molecule has 1 atom stereocenters. The summed E-state index contributed by atoms with van der Waals surface area (Å²) in [6, 6.07) is 5.48. The lowest BCUT2D eigenvalue weighted by molar-refractivity contribution is 0.169. The van der Waals surface area contributed by atoms with Crippen LogP contribution in [-0.4, -0.2) is 33.4 Å². The summed E-state index contributed by atoms with van der Waals surface area (Å²) >= 11 is 0. The summed E-state index contributed by atoms with van der Waals surface area (Å²) in [5.74, 6) is 2.08. The lowest BCUT2D eigenvalue weighted by atomic mass is 10.0. The molecule has 1 aromatic heterocycles. The van der Waals surface area contributed by atoms with Crippen molar-refractivity contribution in [1.82, 2.24) is 20.2 Å². The van der Waals surface area contributed by atoms with E-state index in [0.29, 0.717) is 25.5 Å². The number of aromatic nitrogens is 4. The van der Waals surface area contributed by atoms with E-state index in [1.807, 2.05) is 18.2 Å². The van der Waals surface area contributed by atoms with Crippen LogP contribution in [0.25, 0.3) is 0 Å². The summed E-state index contributed by atoms with van der Waals surface area (Å²) in [4.78, 5) is 1.42. The molecule has 0 saturated heterocycles. The van der Waals surface area contributed by atoms with E-state index in [0.717, 1.165) is 17.1 Å². The molecule has 0 fully saturated rings. The van der Waals surface area contributed by atoms with Gasteiger partial charge in [-0.15, -0.1) is 10.2 Å². The van der Waals surface area contributed by atoms with Gasteiger partial charge in [0.25, 0.3) is 0 Å². The topological polar surface area (TPSA) is 88.1 Å². The van der Waals surface area contributed by atoms with Crippen molar-refractivity contribution in [3.8, 4) is 11.5 Å². The molecule has 1 aliphatic heterocycles. The van der Waals surface area contributed by atoms with Gasteiger partial charge in [-0.05, 0) is 11.3 Å². The Morgan fingerprint density at radius 2 is 2.21 bits per heavy atom. The Morgan fingerprint density at radius 3 is 3.00 bits per heavy atom. The lowest BCUT2D eigenvalue weighted by Gasteiger charge is -2.23. The first-order valence-corrected chi connectivity index (χ1v) is 6.11. The van der Waals surface area contributed by atoms with Crippen molar-refractivity contribution >= 4 is 0 Å². The molecule has 100 valence electrons. The van der Waals surface area contributed by atoms with Crippen molar-refractivity contribution in [3.63, 3.8) is 0 Å². The Balaban J connectivity index is 1.85. The molecule has 0 spiro atoms. The third kappa shape index (κ3) is 2.37. The number of tetrazole rings is 1. The molecule has 2 N–H and O–H groups in total. The quantitative estimate of drug-likeness (QED) is 0.850. The fourth-order valence-electron chi connectivity index (χ4n) is 2.10. The van der Waals surface area contributed by atoms with Gasteiger partial charge >= 0.3 is 0 Å². The van der Waals surface area contributed by atoms with E-state index in [2.05, 4.69) is 15.4 Å². The largest absolute Gasteiger partial charge is 0.486 e. The summed E-state index contributed by atoms with van der Waals surface area (Å²) in [6.45, 7) is 1.11. The molecule has 0 amide bonds. The standard InChI is InChI=1S/C12H15N5O2/c1-17-15-11(14-16-17)7-9(13)8-3-2-4-10-12(8)19-6-5-18-10/h2-4,9H,5-7,13H2,1H3. The Morgan fingerprint density at radius 1 is 1.37 bits per heavy atom. The number of rotatable bonds is 3. The Labute approximate surface area is 110 Å². The normalized spacial score (nSPS) is 15.3. The zero-order valence-corrected chi connectivity index (χ0v) is 10.6. The van der Waals surface area contributed by atoms with Gasteiger partial charge in [-0.3, -0.25) is 0 Å². The van der Waals surface area contributed by atoms with Crippen molar-refractivity contribution in [2.75, 3.05) is 13.2 Å². The second-order valence-electron chi connectivity index (χ2n) is 4.38. The molecule has 1 unspecified atom stereocenters. The molecule has 1 aliphatic rings. The van der Waals surface area contributed by atoms with Crippen LogP contribution in [0.1, 0.15) is 17.4 Å². The molecular weight excluding hydrogens is 246 g/mol. The van der Waals surface area contributed by atoms with Crippen LogP contribution < -0.4 is 15.2 Å². The highest BCUT2D eigenvalue weighted by Crippen LogP contribution is 2.36. The summed E-state index contributed by atoms with van der Waals surface area (Å²) in [5.41, 5.74) is 7.11. The number of nitrogens with two attached hydrogens (primary N) is 1. The molecule has 1 aromatic carbocycles. The minimum absolute atomic E-state index is 0.249. The molecule has 3 rings (SSSR count). The Hall–Kier alpha value is -2.15. The smallest absolute Gasteiger partial charge is 0.176 e. The molecule has 7 nitrogen and oxygen atoms in total. The van der Waals surface area contributed by atoms with Gasteiger partial charge in [-0.2, -0.15) is 4.80 Å². The predicted molar refractivity (Wildman–Crippen MR) is 66.9 cm³/mol. The van der Waals surface area contributed by atoms with Crippen LogP contribution in [0.3, 0.4) is 0 Å². The maximum Gasteiger partial charge on any atom is 0.176 e. The third-order valence-electron chi connectivity index (χ3n) is 2.95. The molecule has 0 aliphatic carbocycles. The van der Waals surface area contributed by atoms with Crippen LogP contribution >= 0.6 is 0 Å². The van der Waals surface area contributed by atoms with Crippen LogP contribution in [-0.2, 0) is 13.5 Å². The first-order valence-electron chi connectivity index (χ1n) is 6.11. The van der Waals surface area contributed by atoms with Crippen LogP contribution in [0.5, 0.6) is 11.5 Å². The minimum Gasteiger partial charge on any atom is -0.486 e. The van der Waals surface area contributed by atoms with Crippen molar-refractivity contribution in [2.24, 2.45) is 12.8 Å². The average molecular weight is 261 g/mol. The predicted octanol–water partition coefficient (Wildman–Crippen LogP) is 0.224. The Bertz CT molecular complexity index is 583. The molecule has 0 saturated carbocycles. The van der Waals surface area contributed by atoms with E-state index < -0.39 is 0 Å². The summed E-state index contributed by atoms with van der Waals surface area (Å²) in [5, 5.41) is 11.9. The van der Waals surface area contributed by atoms with Crippen LogP contribution in [0.15, 0.2) is 18.2 Å². The van der Waals surface area contributed by atoms with E-state index >= 15 is 0 Å². The van der Waals surface area contributed by atoms with Gasteiger partial charge in [0.15, 0.2) is 17.3 Å². The van der Waals surface area contributed by atoms with Gasteiger partial charge in [-0.25, -0.2) is 0 Å². The first kappa shape index (κ1) is 11.9. The van der Waals surface area contributed by atoms with E-state index in [1.54, 1.807) is 7.05 Å². The maximum absolute atomic E-state index is 6.21. The van der Waals surface area contributed by atoms with E-state index in [-0.39, 0.29) is 6.04 Å². The number of benzene rings is 1. The number of nitrogens with zero attached hydrogens (tertiary/aromatic N) is 4. The first-order chi connectivity index (χ1) is 9.24. The number of fused-ring (bicyclic) bond motifs is 1. The number of hydrogen-bond donors (Lipinski definition) is 1. The number of ether oxygens (including phenoxy) is 2. The van der Waals surface area contributed by atoms with Gasteiger partial charge < -0.3 is 15.2 Å². The van der Waals surface area contributed by atoms with Crippen molar-refractivity contribution in [1.29, 1.82) is 0 Å². The van der Waals surface area contributed by atoms with E-state index in [9.17, 15) is 0 Å². The monoisotopic (exact) mass is 261 g/mol. The van der Waals surface area contributed by atoms with Crippen molar-refractivity contribution < 1.29 is 9.47 Å². The summed E-state index contributed by atoms with van der Waals surface area (Å²) in [6.07, 6.45) is 0.508. The SMILES string of the molecule is Cn1nnc(CC(N)c2cccc3c2OCCO3)n1. The van der Waals surface area contributed by atoms with Gasteiger partial charge in [0.2, 0.25) is 0 Å². The maximum atomic E-state index is 6.21. The lowest BCUT2D eigenvalue weighted by Crippen LogP contribution is -2.20. The molecule has 2 heterocycles. The highest BCUT2D eigenvalue weighted by atomic mass is 16.6. The minimum atomic E-state index is -0.249. The van der Waals surface area contributed by atoms with E-state index in [1.165, 1.54) is 4.80 Å². The summed E-state index contributed by atoms with van der Waals surface area (Å²) < 4.78 is 11.2. The fraction of sp³-hybridized carbons (Fsp3) is 0.417. The second-order valence-corrected chi connectivity index (χ2v) is 4.38. The van der Waals surface area contributed by atoms with Gasteiger partial charge in [0.1, 0.15) is 13.2 Å². The van der Waals surface area contributed by atoms with Gasteiger partial charge in [-0.1, -0.05) is 12.1 Å². The molecular formula is C12H15N5O2. The molecule has 7 heteroatoms. The van der Waals surface area contributed by atoms with Crippen molar-refractivity contribution in [3.05, 3.63) is 29.6 Å². The van der Waals surface area contributed by atoms with Crippen LogP contribution in [0, 0.1) is 0 Å². The van der Waals surface area contributed by atoms with Crippen LogP contribution in [0.4, 0.5) is 0 Å². The molecule has 19 heavy (non-hydrogen) atoms. The third-order valence-corrected chi connectivity index (χ3v) is 2.95.